The quantitative estimate of drug-likeness (QED) is 0.814. The van der Waals surface area contributed by atoms with E-state index in [-0.39, 0.29) is 5.75 Å². The summed E-state index contributed by atoms with van der Waals surface area (Å²) in [6, 6.07) is 3.24. The smallest absolute Gasteiger partial charge is 0.152 e. The number of hydrogen-bond acceptors (Lipinski definition) is 2. The van der Waals surface area contributed by atoms with E-state index in [1.54, 1.807) is 12.1 Å². The van der Waals surface area contributed by atoms with Crippen molar-refractivity contribution in [1.29, 1.82) is 0 Å². The summed E-state index contributed by atoms with van der Waals surface area (Å²) in [4.78, 5) is 0. The summed E-state index contributed by atoms with van der Waals surface area (Å²) in [5.74, 6) is 0.568. The van der Waals surface area contributed by atoms with Gasteiger partial charge in [-0.3, -0.25) is 0 Å². The van der Waals surface area contributed by atoms with Crippen LogP contribution in [-0.4, -0.2) is 12.2 Å². The number of rotatable bonds is 1. The van der Waals surface area contributed by atoms with Crippen LogP contribution in [0, 0.1) is 0 Å². The third-order valence-electron chi connectivity index (χ3n) is 1.25. The van der Waals surface area contributed by atoms with Crippen LogP contribution in [0.4, 0.5) is 0 Å². The molecule has 60 valence electrons. The molecule has 0 aliphatic carbocycles. The fourth-order valence-corrected chi connectivity index (χ4v) is 1.46. The van der Waals surface area contributed by atoms with Crippen molar-refractivity contribution in [1.82, 2.24) is 0 Å². The maximum absolute atomic E-state index is 9.26. The van der Waals surface area contributed by atoms with Gasteiger partial charge in [-0.2, -0.15) is 0 Å². The Morgan fingerprint density at radius 1 is 1.55 bits per heavy atom. The topological polar surface area (TPSA) is 29.5 Å². The second-order valence-electron chi connectivity index (χ2n) is 1.91. The van der Waals surface area contributed by atoms with E-state index in [2.05, 4.69) is 15.9 Å². The van der Waals surface area contributed by atoms with Gasteiger partial charge in [0.05, 0.1) is 12.1 Å². The molecule has 4 heteroatoms. The van der Waals surface area contributed by atoms with E-state index in [0.717, 1.165) is 0 Å². The van der Waals surface area contributed by atoms with Crippen LogP contribution in [0.1, 0.15) is 0 Å². The van der Waals surface area contributed by atoms with Crippen molar-refractivity contribution in [2.45, 2.75) is 0 Å². The zero-order valence-electron chi connectivity index (χ0n) is 5.77. The maximum Gasteiger partial charge on any atom is 0.152 e. The van der Waals surface area contributed by atoms with E-state index in [4.69, 9.17) is 16.3 Å². The minimum Gasteiger partial charge on any atom is -0.505 e. The summed E-state index contributed by atoms with van der Waals surface area (Å²) >= 11 is 8.74. The zero-order chi connectivity index (χ0) is 8.43. The number of ether oxygens (including phenoxy) is 1. The lowest BCUT2D eigenvalue weighted by molar-refractivity contribution is 0.403. The number of halogens is 2. The molecule has 0 unspecified atom stereocenters. The molecule has 0 saturated heterocycles. The van der Waals surface area contributed by atoms with Gasteiger partial charge in [-0.15, -0.1) is 0 Å². The number of phenols is 1. The van der Waals surface area contributed by atoms with Gasteiger partial charge in [-0.05, 0) is 28.1 Å². The molecule has 0 aliphatic rings. The van der Waals surface area contributed by atoms with Crippen molar-refractivity contribution in [3.63, 3.8) is 0 Å². The van der Waals surface area contributed by atoms with Crippen LogP contribution in [0.5, 0.6) is 11.5 Å². The molecule has 0 amide bonds. The van der Waals surface area contributed by atoms with E-state index in [0.29, 0.717) is 15.2 Å². The average molecular weight is 237 g/mol. The van der Waals surface area contributed by atoms with E-state index in [9.17, 15) is 5.11 Å². The molecule has 0 atom stereocenters. The summed E-state index contributed by atoms with van der Waals surface area (Å²) < 4.78 is 5.39. The standard InChI is InChI=1S/C7H6BrClO2/c1-11-5-3-2-4(9)7(10)6(5)8/h2-3,10H,1H3. The molecule has 2 nitrogen and oxygen atoms in total. The SMILES string of the molecule is COc1ccc(Cl)c(O)c1Br. The van der Waals surface area contributed by atoms with E-state index < -0.39 is 0 Å². The summed E-state index contributed by atoms with van der Waals surface area (Å²) in [7, 11) is 1.52. The Kier molecular flexibility index (Phi) is 2.62. The van der Waals surface area contributed by atoms with Gasteiger partial charge in [0.2, 0.25) is 0 Å². The zero-order valence-corrected chi connectivity index (χ0v) is 8.11. The Balaban J connectivity index is 3.25. The summed E-state index contributed by atoms with van der Waals surface area (Å²) in [6.45, 7) is 0. The van der Waals surface area contributed by atoms with Gasteiger partial charge >= 0.3 is 0 Å². The molecule has 0 saturated carbocycles. The van der Waals surface area contributed by atoms with Crippen molar-refractivity contribution >= 4 is 27.5 Å². The summed E-state index contributed by atoms with van der Waals surface area (Å²) in [5.41, 5.74) is 0. The Morgan fingerprint density at radius 2 is 2.18 bits per heavy atom. The molecule has 0 aliphatic heterocycles. The lowest BCUT2D eigenvalue weighted by Gasteiger charge is -2.04. The van der Waals surface area contributed by atoms with E-state index in [1.165, 1.54) is 7.11 Å². The molecule has 0 bridgehead atoms. The van der Waals surface area contributed by atoms with Crippen molar-refractivity contribution in [2.75, 3.05) is 7.11 Å². The number of methoxy groups -OCH3 is 1. The fourth-order valence-electron chi connectivity index (χ4n) is 0.680. The summed E-state index contributed by atoms with van der Waals surface area (Å²) in [6.07, 6.45) is 0. The molecule has 0 aromatic heterocycles. The fraction of sp³-hybridized carbons (Fsp3) is 0.143. The second kappa shape index (κ2) is 3.32. The second-order valence-corrected chi connectivity index (χ2v) is 3.11. The molecule has 0 heterocycles. The molecular weight excluding hydrogens is 231 g/mol. The first-order valence-electron chi connectivity index (χ1n) is 2.87. The lowest BCUT2D eigenvalue weighted by atomic mass is 10.3. The predicted molar refractivity (Wildman–Crippen MR) is 47.4 cm³/mol. The average Bonchev–Trinajstić information content (AvgIpc) is 2.01. The summed E-state index contributed by atoms with van der Waals surface area (Å²) in [5, 5.41) is 9.56. The van der Waals surface area contributed by atoms with Crippen LogP contribution in [0.2, 0.25) is 5.02 Å². The van der Waals surface area contributed by atoms with Crippen LogP contribution < -0.4 is 4.74 Å². The highest BCUT2D eigenvalue weighted by molar-refractivity contribution is 9.10. The largest absolute Gasteiger partial charge is 0.505 e. The highest BCUT2D eigenvalue weighted by atomic mass is 79.9. The minimum absolute atomic E-state index is 0.00557. The number of phenolic OH excluding ortho intramolecular Hbond substituents is 1. The van der Waals surface area contributed by atoms with Gasteiger partial charge in [0.15, 0.2) is 5.75 Å². The first kappa shape index (κ1) is 8.68. The Labute approximate surface area is 77.9 Å². The maximum atomic E-state index is 9.26. The number of hydrogen-bond donors (Lipinski definition) is 1. The third kappa shape index (κ3) is 1.60. The normalized spacial score (nSPS) is 9.73. The molecular formula is C7H6BrClO2. The number of aromatic hydroxyl groups is 1. The van der Waals surface area contributed by atoms with Crippen molar-refractivity contribution in [3.8, 4) is 11.5 Å². The molecule has 11 heavy (non-hydrogen) atoms. The third-order valence-corrected chi connectivity index (χ3v) is 2.32. The molecule has 1 rings (SSSR count). The van der Waals surface area contributed by atoms with Crippen LogP contribution in [0.3, 0.4) is 0 Å². The van der Waals surface area contributed by atoms with Gasteiger partial charge in [0.1, 0.15) is 10.2 Å². The highest BCUT2D eigenvalue weighted by Gasteiger charge is 2.07. The molecule has 0 radical (unpaired) electrons. The van der Waals surface area contributed by atoms with Crippen LogP contribution in [0.25, 0.3) is 0 Å². The van der Waals surface area contributed by atoms with Crippen molar-refractivity contribution < 1.29 is 9.84 Å². The van der Waals surface area contributed by atoms with Gasteiger partial charge in [0, 0.05) is 0 Å². The van der Waals surface area contributed by atoms with Gasteiger partial charge in [0.25, 0.3) is 0 Å². The van der Waals surface area contributed by atoms with Crippen LogP contribution in [0.15, 0.2) is 16.6 Å². The number of benzene rings is 1. The van der Waals surface area contributed by atoms with Gasteiger partial charge in [-0.25, -0.2) is 0 Å². The Bertz CT molecular complexity index is 275. The van der Waals surface area contributed by atoms with Crippen molar-refractivity contribution in [2.24, 2.45) is 0 Å². The Morgan fingerprint density at radius 3 is 2.73 bits per heavy atom. The van der Waals surface area contributed by atoms with Gasteiger partial charge in [-0.1, -0.05) is 11.6 Å². The lowest BCUT2D eigenvalue weighted by Crippen LogP contribution is -1.84. The van der Waals surface area contributed by atoms with E-state index >= 15 is 0 Å². The predicted octanol–water partition coefficient (Wildman–Crippen LogP) is 2.82. The van der Waals surface area contributed by atoms with Crippen LogP contribution >= 0.6 is 27.5 Å². The highest BCUT2D eigenvalue weighted by Crippen LogP contribution is 2.38. The molecule has 1 N–H and O–H groups in total. The minimum atomic E-state index is 0.00557. The van der Waals surface area contributed by atoms with Gasteiger partial charge < -0.3 is 9.84 Å². The molecule has 0 fully saturated rings. The molecule has 1 aromatic carbocycles. The van der Waals surface area contributed by atoms with Crippen LogP contribution in [-0.2, 0) is 0 Å². The van der Waals surface area contributed by atoms with E-state index in [1.807, 2.05) is 0 Å². The molecule has 1 aromatic rings. The first-order chi connectivity index (χ1) is 5.16. The monoisotopic (exact) mass is 236 g/mol. The Hall–Kier alpha value is -0.410. The molecule has 0 spiro atoms. The first-order valence-corrected chi connectivity index (χ1v) is 4.05. The van der Waals surface area contributed by atoms with Crippen molar-refractivity contribution in [3.05, 3.63) is 21.6 Å².